The molecule has 0 heterocycles. The Balaban J connectivity index is 2.20. The first-order valence-corrected chi connectivity index (χ1v) is 5.75. The van der Waals surface area contributed by atoms with Crippen LogP contribution >= 0.6 is 0 Å². The van der Waals surface area contributed by atoms with Gasteiger partial charge in [-0.15, -0.1) is 6.58 Å². The monoisotopic (exact) mass is 220 g/mol. The number of hydrogen-bond acceptors (Lipinski definition) is 2. The number of hydrogen-bond donors (Lipinski definition) is 0. The van der Waals surface area contributed by atoms with E-state index in [1.54, 1.807) is 6.92 Å². The lowest BCUT2D eigenvalue weighted by Gasteiger charge is -2.03. The van der Waals surface area contributed by atoms with Crippen LogP contribution in [0, 0.1) is 11.8 Å². The molecule has 0 aromatic heterocycles. The molecule has 1 rings (SSSR count). The molecule has 16 heavy (non-hydrogen) atoms. The molecule has 0 amide bonds. The van der Waals surface area contributed by atoms with Crippen molar-refractivity contribution in [1.29, 1.82) is 0 Å². The minimum atomic E-state index is -0.319. The number of carbonyl (C=O) groups is 1. The highest BCUT2D eigenvalue weighted by molar-refractivity contribution is 5.86. The Kier molecular flexibility index (Phi) is 5.03. The fraction of sp³-hybridized carbons (Fsp3) is 0.500. The highest BCUT2D eigenvalue weighted by atomic mass is 16.5. The first-order valence-electron chi connectivity index (χ1n) is 5.75. The number of esters is 1. The SMILES string of the molecule is C=CC1CCC(/C=C/COC(=O)C(=C)C)C1. The zero-order chi connectivity index (χ0) is 12.0. The number of carbonyl (C=O) groups excluding carboxylic acids is 1. The lowest BCUT2D eigenvalue weighted by Crippen LogP contribution is -2.04. The Hall–Kier alpha value is -1.31. The van der Waals surface area contributed by atoms with Crippen molar-refractivity contribution in [3.05, 3.63) is 37.0 Å². The van der Waals surface area contributed by atoms with Gasteiger partial charge >= 0.3 is 5.97 Å². The second-order valence-corrected chi connectivity index (χ2v) is 4.38. The molecule has 88 valence electrons. The summed E-state index contributed by atoms with van der Waals surface area (Å²) in [6.07, 6.45) is 9.72. The van der Waals surface area contributed by atoms with Crippen LogP contribution < -0.4 is 0 Å². The minimum Gasteiger partial charge on any atom is -0.458 e. The number of rotatable bonds is 5. The topological polar surface area (TPSA) is 26.3 Å². The third kappa shape index (κ3) is 4.05. The molecule has 0 saturated heterocycles. The molecule has 2 unspecified atom stereocenters. The van der Waals surface area contributed by atoms with Crippen LogP contribution in [0.5, 0.6) is 0 Å². The average Bonchev–Trinajstić information content (AvgIpc) is 2.71. The highest BCUT2D eigenvalue weighted by Gasteiger charge is 2.19. The van der Waals surface area contributed by atoms with Crippen molar-refractivity contribution in [2.45, 2.75) is 26.2 Å². The molecular weight excluding hydrogens is 200 g/mol. The molecule has 1 saturated carbocycles. The van der Waals surface area contributed by atoms with Crippen molar-refractivity contribution >= 4 is 5.97 Å². The lowest BCUT2D eigenvalue weighted by molar-refractivity contribution is -0.137. The van der Waals surface area contributed by atoms with Gasteiger partial charge in [-0.1, -0.05) is 24.8 Å². The van der Waals surface area contributed by atoms with Crippen LogP contribution in [0.1, 0.15) is 26.2 Å². The maximum Gasteiger partial charge on any atom is 0.333 e. The second-order valence-electron chi connectivity index (χ2n) is 4.38. The summed E-state index contributed by atoms with van der Waals surface area (Å²) in [5, 5.41) is 0. The van der Waals surface area contributed by atoms with E-state index in [1.807, 2.05) is 12.2 Å². The summed E-state index contributed by atoms with van der Waals surface area (Å²) in [5.74, 6) is 0.958. The molecular formula is C14H20O2. The summed E-state index contributed by atoms with van der Waals surface area (Å²) in [4.78, 5) is 11.1. The van der Waals surface area contributed by atoms with Gasteiger partial charge in [0.25, 0.3) is 0 Å². The molecule has 0 N–H and O–H groups in total. The zero-order valence-electron chi connectivity index (χ0n) is 9.95. The zero-order valence-corrected chi connectivity index (χ0v) is 9.95. The molecule has 0 spiro atoms. The lowest BCUT2D eigenvalue weighted by atomic mass is 10.0. The summed E-state index contributed by atoms with van der Waals surface area (Å²) in [7, 11) is 0. The van der Waals surface area contributed by atoms with Crippen LogP contribution in [0.25, 0.3) is 0 Å². The second kappa shape index (κ2) is 6.31. The van der Waals surface area contributed by atoms with Crippen LogP contribution in [-0.4, -0.2) is 12.6 Å². The fourth-order valence-corrected chi connectivity index (χ4v) is 1.94. The van der Waals surface area contributed by atoms with Gasteiger partial charge in [-0.3, -0.25) is 0 Å². The van der Waals surface area contributed by atoms with Crippen molar-refractivity contribution < 1.29 is 9.53 Å². The van der Waals surface area contributed by atoms with Crippen LogP contribution in [0.4, 0.5) is 0 Å². The van der Waals surface area contributed by atoms with E-state index in [9.17, 15) is 4.79 Å². The molecule has 2 heteroatoms. The Morgan fingerprint density at radius 1 is 1.44 bits per heavy atom. The van der Waals surface area contributed by atoms with Crippen molar-refractivity contribution in [3.63, 3.8) is 0 Å². The quantitative estimate of drug-likeness (QED) is 0.404. The van der Waals surface area contributed by atoms with E-state index in [2.05, 4.69) is 19.2 Å². The minimum absolute atomic E-state index is 0.319. The van der Waals surface area contributed by atoms with E-state index in [0.717, 1.165) is 0 Å². The van der Waals surface area contributed by atoms with Crippen LogP contribution in [-0.2, 0) is 9.53 Å². The fourth-order valence-electron chi connectivity index (χ4n) is 1.94. The highest BCUT2D eigenvalue weighted by Crippen LogP contribution is 2.32. The van der Waals surface area contributed by atoms with E-state index in [4.69, 9.17) is 4.74 Å². The molecule has 1 aliphatic carbocycles. The summed E-state index contributed by atoms with van der Waals surface area (Å²) in [5.41, 5.74) is 0.445. The molecule has 2 atom stereocenters. The molecule has 2 nitrogen and oxygen atoms in total. The van der Waals surface area contributed by atoms with E-state index < -0.39 is 0 Å². The Labute approximate surface area is 97.7 Å². The maximum atomic E-state index is 11.1. The van der Waals surface area contributed by atoms with Crippen molar-refractivity contribution in [2.75, 3.05) is 6.61 Å². The molecule has 0 aromatic rings. The van der Waals surface area contributed by atoms with Gasteiger partial charge in [0.05, 0.1) is 0 Å². The van der Waals surface area contributed by atoms with Gasteiger partial charge in [0.15, 0.2) is 0 Å². The Morgan fingerprint density at radius 2 is 2.12 bits per heavy atom. The summed E-state index contributed by atoms with van der Waals surface area (Å²) in [6.45, 7) is 9.33. The number of allylic oxidation sites excluding steroid dienone is 2. The Morgan fingerprint density at radius 3 is 2.69 bits per heavy atom. The standard InChI is InChI=1S/C14H20O2/c1-4-12-7-8-13(10-12)6-5-9-16-14(15)11(2)3/h4-6,12-13H,1-2,7-10H2,3H3/b6-5+. The van der Waals surface area contributed by atoms with E-state index in [0.29, 0.717) is 24.0 Å². The largest absolute Gasteiger partial charge is 0.458 e. The van der Waals surface area contributed by atoms with Gasteiger partial charge in [0.1, 0.15) is 6.61 Å². The van der Waals surface area contributed by atoms with E-state index in [-0.39, 0.29) is 5.97 Å². The smallest absolute Gasteiger partial charge is 0.333 e. The molecule has 0 aromatic carbocycles. The Bertz CT molecular complexity index is 302. The van der Waals surface area contributed by atoms with Gasteiger partial charge < -0.3 is 4.74 Å². The van der Waals surface area contributed by atoms with Crippen molar-refractivity contribution in [2.24, 2.45) is 11.8 Å². The molecule has 0 bridgehead atoms. The molecule has 0 radical (unpaired) electrons. The van der Waals surface area contributed by atoms with Crippen molar-refractivity contribution in [1.82, 2.24) is 0 Å². The van der Waals surface area contributed by atoms with Gasteiger partial charge in [0.2, 0.25) is 0 Å². The number of ether oxygens (including phenoxy) is 1. The third-order valence-corrected chi connectivity index (χ3v) is 2.91. The summed E-state index contributed by atoms with van der Waals surface area (Å²) >= 11 is 0. The van der Waals surface area contributed by atoms with E-state index in [1.165, 1.54) is 19.3 Å². The first kappa shape index (κ1) is 12.8. The van der Waals surface area contributed by atoms with Gasteiger partial charge in [0, 0.05) is 5.57 Å². The predicted octanol–water partition coefficient (Wildman–Crippen LogP) is 3.26. The van der Waals surface area contributed by atoms with E-state index >= 15 is 0 Å². The van der Waals surface area contributed by atoms with Gasteiger partial charge in [-0.2, -0.15) is 0 Å². The van der Waals surface area contributed by atoms with Crippen molar-refractivity contribution in [3.8, 4) is 0 Å². The molecule has 0 aliphatic heterocycles. The third-order valence-electron chi connectivity index (χ3n) is 2.91. The average molecular weight is 220 g/mol. The summed E-state index contributed by atoms with van der Waals surface area (Å²) in [6, 6.07) is 0. The predicted molar refractivity (Wildman–Crippen MR) is 65.9 cm³/mol. The van der Waals surface area contributed by atoms with Gasteiger partial charge in [-0.05, 0) is 38.0 Å². The van der Waals surface area contributed by atoms with Crippen LogP contribution in [0.15, 0.2) is 37.0 Å². The first-order chi connectivity index (χ1) is 7.63. The normalized spacial score (nSPS) is 24.6. The molecule has 1 aliphatic rings. The van der Waals surface area contributed by atoms with Crippen LogP contribution in [0.2, 0.25) is 0 Å². The molecule has 1 fully saturated rings. The maximum absolute atomic E-state index is 11.1. The summed E-state index contributed by atoms with van der Waals surface area (Å²) < 4.78 is 4.97. The van der Waals surface area contributed by atoms with Gasteiger partial charge in [-0.25, -0.2) is 4.79 Å². The van der Waals surface area contributed by atoms with Crippen LogP contribution in [0.3, 0.4) is 0 Å².